The van der Waals surface area contributed by atoms with Crippen LogP contribution in [0.3, 0.4) is 0 Å². The average Bonchev–Trinajstić information content (AvgIpc) is 2.38. The number of H-pyrrole nitrogens is 1. The van der Waals surface area contributed by atoms with Gasteiger partial charge in [0.1, 0.15) is 11.6 Å². The molecular weight excluding hydrogens is 318 g/mol. The molecule has 0 saturated heterocycles. The molecule has 1 heterocycles. The molecule has 1 aromatic carbocycles. The number of hydrogen-bond donors (Lipinski definition) is 1. The highest BCUT2D eigenvalue weighted by atomic mass is 79.9. The number of pyridine rings is 1. The van der Waals surface area contributed by atoms with Crippen molar-refractivity contribution in [3.8, 4) is 17.3 Å². The van der Waals surface area contributed by atoms with E-state index in [9.17, 15) is 13.6 Å². The van der Waals surface area contributed by atoms with Crippen molar-refractivity contribution in [1.82, 2.24) is 4.98 Å². The standard InChI is InChI=1S/C13H7BrF2N2O/c14-8-3-1-7(2-4-8)11-5-9(12(15)16)10(6-17)13(19)18-11/h1-5,12H,(H,18,19). The van der Waals surface area contributed by atoms with Gasteiger partial charge in [-0.3, -0.25) is 4.79 Å². The summed E-state index contributed by atoms with van der Waals surface area (Å²) in [6.07, 6.45) is -2.87. The zero-order valence-electron chi connectivity index (χ0n) is 9.45. The average molecular weight is 325 g/mol. The van der Waals surface area contributed by atoms with Crippen LogP contribution in [0.1, 0.15) is 17.6 Å². The summed E-state index contributed by atoms with van der Waals surface area (Å²) >= 11 is 3.26. The highest BCUT2D eigenvalue weighted by molar-refractivity contribution is 9.10. The molecule has 0 bridgehead atoms. The molecule has 96 valence electrons. The molecule has 0 aliphatic carbocycles. The number of nitriles is 1. The lowest BCUT2D eigenvalue weighted by atomic mass is 10.1. The molecule has 0 fully saturated rings. The van der Waals surface area contributed by atoms with E-state index in [1.165, 1.54) is 6.07 Å². The number of nitrogens with zero attached hydrogens (tertiary/aromatic N) is 1. The quantitative estimate of drug-likeness (QED) is 0.917. The van der Waals surface area contributed by atoms with Crippen molar-refractivity contribution in [3.63, 3.8) is 0 Å². The summed E-state index contributed by atoms with van der Waals surface area (Å²) in [5, 5.41) is 8.74. The van der Waals surface area contributed by atoms with E-state index in [2.05, 4.69) is 20.9 Å². The zero-order chi connectivity index (χ0) is 14.0. The third kappa shape index (κ3) is 2.71. The maximum absolute atomic E-state index is 12.8. The van der Waals surface area contributed by atoms with Crippen LogP contribution in [0.25, 0.3) is 11.3 Å². The van der Waals surface area contributed by atoms with Gasteiger partial charge in [0.2, 0.25) is 0 Å². The molecule has 2 aromatic rings. The fraction of sp³-hybridized carbons (Fsp3) is 0.0769. The van der Waals surface area contributed by atoms with Crippen molar-refractivity contribution in [1.29, 1.82) is 5.26 Å². The van der Waals surface area contributed by atoms with Crippen LogP contribution in [-0.2, 0) is 0 Å². The lowest BCUT2D eigenvalue weighted by Gasteiger charge is -2.07. The summed E-state index contributed by atoms with van der Waals surface area (Å²) in [4.78, 5) is 14.0. The number of rotatable bonds is 2. The van der Waals surface area contributed by atoms with Crippen LogP contribution in [0.2, 0.25) is 0 Å². The predicted octanol–water partition coefficient (Wildman–Crippen LogP) is 3.61. The van der Waals surface area contributed by atoms with Gasteiger partial charge < -0.3 is 4.98 Å². The molecular formula is C13H7BrF2N2O. The van der Waals surface area contributed by atoms with E-state index in [0.717, 1.165) is 10.5 Å². The fourth-order valence-electron chi connectivity index (χ4n) is 1.65. The molecule has 1 N–H and O–H groups in total. The van der Waals surface area contributed by atoms with Crippen LogP contribution in [0.4, 0.5) is 8.78 Å². The van der Waals surface area contributed by atoms with Crippen molar-refractivity contribution >= 4 is 15.9 Å². The first kappa shape index (κ1) is 13.4. The Kier molecular flexibility index (Phi) is 3.76. The van der Waals surface area contributed by atoms with E-state index in [1.807, 2.05) is 0 Å². The van der Waals surface area contributed by atoms with Crippen molar-refractivity contribution in [2.75, 3.05) is 0 Å². The van der Waals surface area contributed by atoms with E-state index in [0.29, 0.717) is 5.56 Å². The van der Waals surface area contributed by atoms with Gasteiger partial charge in [-0.15, -0.1) is 0 Å². The number of hydrogen-bond acceptors (Lipinski definition) is 2. The minimum atomic E-state index is -2.87. The number of halogens is 3. The van der Waals surface area contributed by atoms with Gasteiger partial charge in [0, 0.05) is 15.7 Å². The van der Waals surface area contributed by atoms with Gasteiger partial charge >= 0.3 is 0 Å². The number of aromatic amines is 1. The number of nitrogens with one attached hydrogen (secondary N) is 1. The Labute approximate surface area is 115 Å². The van der Waals surface area contributed by atoms with E-state index < -0.39 is 23.1 Å². The van der Waals surface area contributed by atoms with Crippen LogP contribution < -0.4 is 5.56 Å². The van der Waals surface area contributed by atoms with Crippen molar-refractivity contribution < 1.29 is 8.78 Å². The molecule has 6 heteroatoms. The molecule has 0 radical (unpaired) electrons. The van der Waals surface area contributed by atoms with Gasteiger partial charge in [0.05, 0.1) is 0 Å². The lowest BCUT2D eigenvalue weighted by Crippen LogP contribution is -2.14. The third-order valence-electron chi connectivity index (χ3n) is 2.57. The molecule has 0 amide bonds. The minimum Gasteiger partial charge on any atom is -0.321 e. The van der Waals surface area contributed by atoms with Crippen LogP contribution in [-0.4, -0.2) is 4.98 Å². The van der Waals surface area contributed by atoms with Crippen LogP contribution in [0.5, 0.6) is 0 Å². The number of aromatic nitrogens is 1. The molecule has 1 aromatic heterocycles. The molecule has 19 heavy (non-hydrogen) atoms. The van der Waals surface area contributed by atoms with Crippen molar-refractivity contribution in [2.45, 2.75) is 6.43 Å². The maximum Gasteiger partial charge on any atom is 0.266 e. The number of benzene rings is 1. The van der Waals surface area contributed by atoms with E-state index in [4.69, 9.17) is 5.26 Å². The van der Waals surface area contributed by atoms with Gasteiger partial charge in [-0.1, -0.05) is 28.1 Å². The third-order valence-corrected chi connectivity index (χ3v) is 3.09. The Morgan fingerprint density at radius 1 is 1.26 bits per heavy atom. The summed E-state index contributed by atoms with van der Waals surface area (Å²) in [6, 6.07) is 9.45. The Morgan fingerprint density at radius 2 is 1.89 bits per heavy atom. The number of alkyl halides is 2. The summed E-state index contributed by atoms with van der Waals surface area (Å²) in [5.41, 5.74) is -1.06. The first-order chi connectivity index (χ1) is 9.02. The van der Waals surface area contributed by atoms with Crippen molar-refractivity contribution in [2.24, 2.45) is 0 Å². The predicted molar refractivity (Wildman–Crippen MR) is 69.9 cm³/mol. The van der Waals surface area contributed by atoms with E-state index in [-0.39, 0.29) is 5.69 Å². The largest absolute Gasteiger partial charge is 0.321 e. The summed E-state index contributed by atoms with van der Waals surface area (Å²) < 4.78 is 26.5. The Bertz CT molecular complexity index is 702. The van der Waals surface area contributed by atoms with Crippen LogP contribution >= 0.6 is 15.9 Å². The second kappa shape index (κ2) is 5.33. The first-order valence-corrected chi connectivity index (χ1v) is 6.03. The molecule has 2 rings (SSSR count). The molecule has 0 atom stereocenters. The molecule has 0 aliphatic rings. The van der Waals surface area contributed by atoms with Crippen molar-refractivity contribution in [3.05, 3.63) is 56.3 Å². The molecule has 3 nitrogen and oxygen atoms in total. The van der Waals surface area contributed by atoms with Gasteiger partial charge in [-0.2, -0.15) is 5.26 Å². The molecule has 0 spiro atoms. The second-order valence-corrected chi connectivity index (χ2v) is 4.68. The van der Waals surface area contributed by atoms with E-state index >= 15 is 0 Å². The van der Waals surface area contributed by atoms with Gasteiger partial charge in [-0.05, 0) is 23.8 Å². The van der Waals surface area contributed by atoms with Crippen LogP contribution in [0, 0.1) is 11.3 Å². The van der Waals surface area contributed by atoms with Gasteiger partial charge in [-0.25, -0.2) is 8.78 Å². The Balaban J connectivity index is 2.64. The second-order valence-electron chi connectivity index (χ2n) is 3.76. The summed E-state index contributed by atoms with van der Waals surface area (Å²) in [6.45, 7) is 0. The van der Waals surface area contributed by atoms with Gasteiger partial charge in [0.15, 0.2) is 0 Å². The Hall–Kier alpha value is -2.00. The summed E-state index contributed by atoms with van der Waals surface area (Å²) in [5.74, 6) is 0. The van der Waals surface area contributed by atoms with Gasteiger partial charge in [0.25, 0.3) is 12.0 Å². The molecule has 0 saturated carbocycles. The first-order valence-electron chi connectivity index (χ1n) is 5.24. The molecule has 0 aliphatic heterocycles. The highest BCUT2D eigenvalue weighted by Crippen LogP contribution is 2.25. The summed E-state index contributed by atoms with van der Waals surface area (Å²) in [7, 11) is 0. The smallest absolute Gasteiger partial charge is 0.266 e. The zero-order valence-corrected chi connectivity index (χ0v) is 11.0. The Morgan fingerprint density at radius 3 is 2.42 bits per heavy atom. The maximum atomic E-state index is 12.8. The van der Waals surface area contributed by atoms with E-state index in [1.54, 1.807) is 24.3 Å². The normalized spacial score (nSPS) is 10.5. The topological polar surface area (TPSA) is 56.6 Å². The monoisotopic (exact) mass is 324 g/mol. The SMILES string of the molecule is N#Cc1c(C(F)F)cc(-c2ccc(Br)cc2)[nH]c1=O. The lowest BCUT2D eigenvalue weighted by molar-refractivity contribution is 0.151. The fourth-order valence-corrected chi connectivity index (χ4v) is 1.92. The molecule has 0 unspecified atom stereocenters. The van der Waals surface area contributed by atoms with Crippen LogP contribution in [0.15, 0.2) is 39.6 Å². The minimum absolute atomic E-state index is 0.256. The highest BCUT2D eigenvalue weighted by Gasteiger charge is 2.17.